The standard InChI is InChI=1S/C7H10N4S.ClH/c1-2-6-10-11-4-5(3-8)9-7(11)12-6;/h4H,2-3,8H2,1H3;1H. The number of nitrogens with two attached hydrogens (primary N) is 1. The number of rotatable bonds is 2. The SMILES string of the molecule is CCc1nn2cc(CN)nc2s1.Cl. The van der Waals surface area contributed by atoms with E-state index in [1.54, 1.807) is 15.9 Å². The average molecular weight is 219 g/mol. The zero-order valence-electron chi connectivity index (χ0n) is 7.23. The lowest BCUT2D eigenvalue weighted by Crippen LogP contribution is -1.95. The van der Waals surface area contributed by atoms with E-state index in [1.807, 2.05) is 6.20 Å². The molecule has 0 aliphatic rings. The topological polar surface area (TPSA) is 56.2 Å². The molecule has 2 aromatic rings. The molecular weight excluding hydrogens is 208 g/mol. The van der Waals surface area contributed by atoms with Crippen molar-refractivity contribution in [2.75, 3.05) is 0 Å². The number of imidazole rings is 1. The first kappa shape index (κ1) is 10.4. The Hall–Kier alpha value is -0.650. The Labute approximate surface area is 86.2 Å². The summed E-state index contributed by atoms with van der Waals surface area (Å²) in [5, 5.41) is 5.43. The van der Waals surface area contributed by atoms with Crippen molar-refractivity contribution in [1.29, 1.82) is 0 Å². The summed E-state index contributed by atoms with van der Waals surface area (Å²) in [6.07, 6.45) is 2.84. The number of aromatic nitrogens is 3. The Morgan fingerprint density at radius 3 is 2.92 bits per heavy atom. The molecule has 2 aromatic heterocycles. The van der Waals surface area contributed by atoms with Gasteiger partial charge in [0, 0.05) is 6.54 Å². The Morgan fingerprint density at radius 2 is 2.38 bits per heavy atom. The summed E-state index contributed by atoms with van der Waals surface area (Å²) >= 11 is 1.62. The summed E-state index contributed by atoms with van der Waals surface area (Å²) in [4.78, 5) is 5.23. The van der Waals surface area contributed by atoms with E-state index in [4.69, 9.17) is 5.73 Å². The fraction of sp³-hybridized carbons (Fsp3) is 0.429. The first-order valence-corrected chi connectivity index (χ1v) is 4.69. The molecule has 0 aliphatic carbocycles. The van der Waals surface area contributed by atoms with Crippen LogP contribution < -0.4 is 5.73 Å². The molecule has 0 saturated carbocycles. The van der Waals surface area contributed by atoms with Gasteiger partial charge in [0.1, 0.15) is 5.01 Å². The van der Waals surface area contributed by atoms with Crippen LogP contribution in [0, 0.1) is 0 Å². The summed E-state index contributed by atoms with van der Waals surface area (Å²) in [6, 6.07) is 0. The first-order chi connectivity index (χ1) is 5.83. The highest BCUT2D eigenvalue weighted by Gasteiger charge is 2.04. The number of hydrogen-bond donors (Lipinski definition) is 1. The van der Waals surface area contributed by atoms with E-state index < -0.39 is 0 Å². The lowest BCUT2D eigenvalue weighted by molar-refractivity contribution is 0.903. The number of fused-ring (bicyclic) bond motifs is 1. The predicted molar refractivity (Wildman–Crippen MR) is 55.4 cm³/mol. The number of halogens is 1. The van der Waals surface area contributed by atoms with Crippen molar-refractivity contribution in [3.63, 3.8) is 0 Å². The zero-order valence-corrected chi connectivity index (χ0v) is 8.86. The molecule has 4 nitrogen and oxygen atoms in total. The lowest BCUT2D eigenvalue weighted by atomic mass is 10.5. The monoisotopic (exact) mass is 218 g/mol. The van der Waals surface area contributed by atoms with Crippen LogP contribution in [0.2, 0.25) is 0 Å². The summed E-state index contributed by atoms with van der Waals surface area (Å²) in [6.45, 7) is 2.57. The molecule has 0 aromatic carbocycles. The first-order valence-electron chi connectivity index (χ1n) is 3.87. The summed E-state index contributed by atoms with van der Waals surface area (Å²) in [5.74, 6) is 0. The molecule has 0 amide bonds. The maximum atomic E-state index is 5.44. The van der Waals surface area contributed by atoms with Gasteiger partial charge in [0.05, 0.1) is 11.9 Å². The highest BCUT2D eigenvalue weighted by Crippen LogP contribution is 2.14. The van der Waals surface area contributed by atoms with Gasteiger partial charge in [0.25, 0.3) is 0 Å². The summed E-state index contributed by atoms with van der Waals surface area (Å²) in [7, 11) is 0. The van der Waals surface area contributed by atoms with Gasteiger partial charge in [-0.2, -0.15) is 5.10 Å². The molecule has 6 heteroatoms. The molecule has 2 rings (SSSR count). The van der Waals surface area contributed by atoms with Gasteiger partial charge >= 0.3 is 0 Å². The fourth-order valence-electron chi connectivity index (χ4n) is 1.03. The van der Waals surface area contributed by atoms with E-state index in [1.165, 1.54) is 0 Å². The van der Waals surface area contributed by atoms with Crippen molar-refractivity contribution in [1.82, 2.24) is 14.6 Å². The van der Waals surface area contributed by atoms with Crippen molar-refractivity contribution < 1.29 is 0 Å². The molecule has 2 heterocycles. The summed E-state index contributed by atoms with van der Waals surface area (Å²) < 4.78 is 1.80. The normalized spacial score (nSPS) is 10.3. The predicted octanol–water partition coefficient (Wildman–Crippen LogP) is 1.23. The second kappa shape index (κ2) is 4.04. The van der Waals surface area contributed by atoms with E-state index in [2.05, 4.69) is 17.0 Å². The van der Waals surface area contributed by atoms with Crippen LogP contribution in [0.4, 0.5) is 0 Å². The van der Waals surface area contributed by atoms with Gasteiger partial charge < -0.3 is 5.73 Å². The molecule has 13 heavy (non-hydrogen) atoms. The molecule has 0 aliphatic heterocycles. The molecule has 0 saturated heterocycles. The van der Waals surface area contributed by atoms with Gasteiger partial charge in [0.2, 0.25) is 4.96 Å². The minimum Gasteiger partial charge on any atom is -0.325 e. The maximum absolute atomic E-state index is 5.44. The van der Waals surface area contributed by atoms with Crippen LogP contribution >= 0.6 is 23.7 Å². The molecule has 0 fully saturated rings. The Balaban J connectivity index is 0.000000845. The third kappa shape index (κ3) is 1.82. The number of aryl methyl sites for hydroxylation is 1. The van der Waals surface area contributed by atoms with Gasteiger partial charge in [-0.05, 0) is 6.42 Å². The third-order valence-electron chi connectivity index (χ3n) is 1.65. The van der Waals surface area contributed by atoms with Crippen molar-refractivity contribution in [3.8, 4) is 0 Å². The largest absolute Gasteiger partial charge is 0.325 e. The molecule has 0 radical (unpaired) electrons. The Bertz CT molecular complexity index is 329. The fourth-order valence-corrected chi connectivity index (χ4v) is 1.86. The minimum atomic E-state index is 0. The number of nitrogens with zero attached hydrogens (tertiary/aromatic N) is 3. The van der Waals surface area contributed by atoms with Gasteiger partial charge in [-0.3, -0.25) is 0 Å². The van der Waals surface area contributed by atoms with E-state index in [-0.39, 0.29) is 12.4 Å². The minimum absolute atomic E-state index is 0. The smallest absolute Gasteiger partial charge is 0.212 e. The molecule has 0 atom stereocenters. The van der Waals surface area contributed by atoms with Crippen LogP contribution in [-0.2, 0) is 13.0 Å². The molecule has 0 spiro atoms. The Morgan fingerprint density at radius 1 is 1.62 bits per heavy atom. The summed E-state index contributed by atoms with van der Waals surface area (Å²) in [5.41, 5.74) is 6.34. The van der Waals surface area contributed by atoms with Crippen molar-refractivity contribution in [3.05, 3.63) is 16.9 Å². The number of hydrogen-bond acceptors (Lipinski definition) is 4. The molecule has 72 valence electrons. The van der Waals surface area contributed by atoms with Crippen molar-refractivity contribution >= 4 is 28.7 Å². The van der Waals surface area contributed by atoms with Crippen LogP contribution in [-0.4, -0.2) is 14.6 Å². The highest BCUT2D eigenvalue weighted by atomic mass is 35.5. The van der Waals surface area contributed by atoms with E-state index in [0.717, 1.165) is 22.1 Å². The van der Waals surface area contributed by atoms with Gasteiger partial charge in [-0.25, -0.2) is 9.50 Å². The van der Waals surface area contributed by atoms with E-state index in [9.17, 15) is 0 Å². The van der Waals surface area contributed by atoms with Crippen LogP contribution in [0.25, 0.3) is 4.96 Å². The van der Waals surface area contributed by atoms with Crippen LogP contribution in [0.3, 0.4) is 0 Å². The maximum Gasteiger partial charge on any atom is 0.212 e. The average Bonchev–Trinajstić information content (AvgIpc) is 2.59. The van der Waals surface area contributed by atoms with Crippen molar-refractivity contribution in [2.24, 2.45) is 5.73 Å². The van der Waals surface area contributed by atoms with Gasteiger partial charge in [0.15, 0.2) is 0 Å². The third-order valence-corrected chi connectivity index (χ3v) is 2.71. The molecule has 0 bridgehead atoms. The molecule has 2 N–H and O–H groups in total. The zero-order chi connectivity index (χ0) is 8.55. The van der Waals surface area contributed by atoms with Gasteiger partial charge in [-0.1, -0.05) is 18.3 Å². The van der Waals surface area contributed by atoms with Gasteiger partial charge in [-0.15, -0.1) is 12.4 Å². The second-order valence-electron chi connectivity index (χ2n) is 2.51. The Kier molecular flexibility index (Phi) is 3.24. The lowest BCUT2D eigenvalue weighted by Gasteiger charge is -1.83. The van der Waals surface area contributed by atoms with E-state index >= 15 is 0 Å². The highest BCUT2D eigenvalue weighted by molar-refractivity contribution is 7.16. The quantitative estimate of drug-likeness (QED) is 0.825. The van der Waals surface area contributed by atoms with Crippen molar-refractivity contribution in [2.45, 2.75) is 19.9 Å². The van der Waals surface area contributed by atoms with Crippen LogP contribution in [0.5, 0.6) is 0 Å². The van der Waals surface area contributed by atoms with Crippen LogP contribution in [0.1, 0.15) is 17.6 Å². The van der Waals surface area contributed by atoms with Crippen LogP contribution in [0.15, 0.2) is 6.20 Å². The molecular formula is C7H11ClN4S. The van der Waals surface area contributed by atoms with E-state index in [0.29, 0.717) is 6.54 Å². The molecule has 0 unspecified atom stereocenters. The second-order valence-corrected chi connectivity index (χ2v) is 3.55.